The van der Waals surface area contributed by atoms with Gasteiger partial charge in [-0.2, -0.15) is 0 Å². The molecule has 0 aromatic rings. The van der Waals surface area contributed by atoms with Crippen LogP contribution in [0, 0.1) is 5.41 Å². The van der Waals surface area contributed by atoms with Crippen molar-refractivity contribution in [3.05, 3.63) is 0 Å². The van der Waals surface area contributed by atoms with Crippen LogP contribution in [0.5, 0.6) is 0 Å². The predicted molar refractivity (Wildman–Crippen MR) is 74.5 cm³/mol. The molecule has 1 rings (SSSR count). The molecule has 0 aliphatic carbocycles. The second-order valence-electron chi connectivity index (χ2n) is 5.61. The van der Waals surface area contributed by atoms with Gasteiger partial charge in [-0.25, -0.2) is 0 Å². The summed E-state index contributed by atoms with van der Waals surface area (Å²) in [5, 5.41) is 2.78. The van der Waals surface area contributed by atoms with Gasteiger partial charge in [-0.3, -0.25) is 14.5 Å². The molecule has 1 fully saturated rings. The number of likely N-dealkylation sites (N-methyl/N-ethyl adjacent to an activating group) is 1. The van der Waals surface area contributed by atoms with E-state index in [0.29, 0.717) is 32.7 Å². The fourth-order valence-corrected chi connectivity index (χ4v) is 2.08. The molecule has 110 valence electrons. The topological polar surface area (TPSA) is 78.7 Å². The fourth-order valence-electron chi connectivity index (χ4n) is 2.08. The highest BCUT2D eigenvalue weighted by Gasteiger charge is 2.32. The van der Waals surface area contributed by atoms with Gasteiger partial charge in [0.15, 0.2) is 0 Å². The molecule has 0 saturated carbocycles. The van der Waals surface area contributed by atoms with Gasteiger partial charge in [0.25, 0.3) is 0 Å². The van der Waals surface area contributed by atoms with Crippen LogP contribution in [-0.4, -0.2) is 67.4 Å². The van der Waals surface area contributed by atoms with Crippen molar-refractivity contribution in [3.63, 3.8) is 0 Å². The molecule has 0 bridgehead atoms. The molecule has 1 heterocycles. The number of rotatable bonds is 5. The van der Waals surface area contributed by atoms with Crippen LogP contribution in [0.2, 0.25) is 0 Å². The number of carbonyl (C=O) groups excluding carboxylic acids is 2. The molecule has 0 unspecified atom stereocenters. The van der Waals surface area contributed by atoms with Gasteiger partial charge in [-0.1, -0.05) is 0 Å². The summed E-state index contributed by atoms with van der Waals surface area (Å²) in [6.07, 6.45) is 0. The van der Waals surface area contributed by atoms with Crippen LogP contribution in [-0.2, 0) is 9.59 Å². The van der Waals surface area contributed by atoms with Crippen molar-refractivity contribution in [1.29, 1.82) is 0 Å². The summed E-state index contributed by atoms with van der Waals surface area (Å²) in [6, 6.07) is 0. The molecule has 2 amide bonds. The van der Waals surface area contributed by atoms with Gasteiger partial charge in [-0.05, 0) is 20.8 Å². The molecular weight excluding hydrogens is 244 g/mol. The van der Waals surface area contributed by atoms with Crippen molar-refractivity contribution < 1.29 is 9.59 Å². The predicted octanol–water partition coefficient (Wildman–Crippen LogP) is -0.748. The summed E-state index contributed by atoms with van der Waals surface area (Å²) in [6.45, 7) is 9.88. The Hall–Kier alpha value is -1.14. The summed E-state index contributed by atoms with van der Waals surface area (Å²) >= 11 is 0. The third-order valence-electron chi connectivity index (χ3n) is 3.49. The lowest BCUT2D eigenvalue weighted by atomic mass is 9.91. The van der Waals surface area contributed by atoms with Gasteiger partial charge in [0, 0.05) is 39.3 Å². The van der Waals surface area contributed by atoms with E-state index >= 15 is 0 Å². The molecular formula is C13H26N4O2. The molecule has 0 radical (unpaired) electrons. The maximum Gasteiger partial charge on any atom is 0.234 e. The summed E-state index contributed by atoms with van der Waals surface area (Å²) < 4.78 is 0. The summed E-state index contributed by atoms with van der Waals surface area (Å²) in [5.74, 6) is 0.150. The number of piperazine rings is 1. The van der Waals surface area contributed by atoms with E-state index in [0.717, 1.165) is 13.1 Å². The Labute approximate surface area is 115 Å². The van der Waals surface area contributed by atoms with Crippen LogP contribution in [0.4, 0.5) is 0 Å². The van der Waals surface area contributed by atoms with E-state index in [1.807, 2.05) is 25.7 Å². The van der Waals surface area contributed by atoms with Crippen LogP contribution in [0.15, 0.2) is 0 Å². The molecule has 1 saturated heterocycles. The van der Waals surface area contributed by atoms with E-state index in [1.165, 1.54) is 0 Å². The van der Waals surface area contributed by atoms with E-state index in [1.54, 1.807) is 0 Å². The van der Waals surface area contributed by atoms with E-state index in [-0.39, 0.29) is 11.8 Å². The summed E-state index contributed by atoms with van der Waals surface area (Å²) in [7, 11) is 0. The van der Waals surface area contributed by atoms with Crippen molar-refractivity contribution in [2.45, 2.75) is 20.8 Å². The van der Waals surface area contributed by atoms with Gasteiger partial charge < -0.3 is 16.0 Å². The van der Waals surface area contributed by atoms with E-state index in [4.69, 9.17) is 5.73 Å². The van der Waals surface area contributed by atoms with Gasteiger partial charge in [0.1, 0.15) is 0 Å². The lowest BCUT2D eigenvalue weighted by Crippen LogP contribution is -2.54. The lowest BCUT2D eigenvalue weighted by molar-refractivity contribution is -0.141. The largest absolute Gasteiger partial charge is 0.355 e. The minimum absolute atomic E-state index is 0.0459. The van der Waals surface area contributed by atoms with Crippen molar-refractivity contribution in [1.82, 2.24) is 15.1 Å². The molecule has 1 aliphatic rings. The Morgan fingerprint density at radius 1 is 1.21 bits per heavy atom. The van der Waals surface area contributed by atoms with Crippen LogP contribution in [0.25, 0.3) is 0 Å². The molecule has 0 aromatic carbocycles. The van der Waals surface area contributed by atoms with Gasteiger partial charge in [0.05, 0.1) is 12.0 Å². The Kier molecular flexibility index (Phi) is 5.75. The van der Waals surface area contributed by atoms with E-state index in [9.17, 15) is 9.59 Å². The Morgan fingerprint density at radius 2 is 1.79 bits per heavy atom. The minimum Gasteiger partial charge on any atom is -0.355 e. The van der Waals surface area contributed by atoms with Crippen LogP contribution in [0.3, 0.4) is 0 Å². The standard InChI is InChI=1S/C13H26N4O2/c1-4-15-11(18)9-16-5-7-17(8-6-16)12(19)13(2,3)10-14/h4-10,14H2,1-3H3,(H,15,18). The van der Waals surface area contributed by atoms with Gasteiger partial charge in [-0.15, -0.1) is 0 Å². The summed E-state index contributed by atoms with van der Waals surface area (Å²) in [4.78, 5) is 27.6. The van der Waals surface area contributed by atoms with E-state index in [2.05, 4.69) is 10.2 Å². The molecule has 0 atom stereocenters. The maximum atomic E-state index is 12.2. The SMILES string of the molecule is CCNC(=O)CN1CCN(C(=O)C(C)(C)CN)CC1. The normalized spacial score (nSPS) is 17.4. The molecule has 1 aliphatic heterocycles. The molecule has 3 N–H and O–H groups in total. The number of nitrogens with one attached hydrogen (secondary N) is 1. The van der Waals surface area contributed by atoms with Gasteiger partial charge in [0.2, 0.25) is 11.8 Å². The van der Waals surface area contributed by atoms with Crippen LogP contribution < -0.4 is 11.1 Å². The quantitative estimate of drug-likeness (QED) is 0.689. The minimum atomic E-state index is -0.498. The highest BCUT2D eigenvalue weighted by atomic mass is 16.2. The number of nitrogens with two attached hydrogens (primary N) is 1. The smallest absolute Gasteiger partial charge is 0.234 e. The number of amides is 2. The first-order valence-corrected chi connectivity index (χ1v) is 6.89. The first kappa shape index (κ1) is 15.9. The zero-order valence-electron chi connectivity index (χ0n) is 12.2. The average molecular weight is 270 g/mol. The molecule has 6 heteroatoms. The molecule has 19 heavy (non-hydrogen) atoms. The van der Waals surface area contributed by atoms with Crippen LogP contribution >= 0.6 is 0 Å². The first-order valence-electron chi connectivity index (χ1n) is 6.89. The zero-order chi connectivity index (χ0) is 14.5. The van der Waals surface area contributed by atoms with Crippen molar-refractivity contribution in [3.8, 4) is 0 Å². The zero-order valence-corrected chi connectivity index (χ0v) is 12.2. The first-order chi connectivity index (χ1) is 8.90. The Bertz CT molecular complexity index is 323. The van der Waals surface area contributed by atoms with Crippen molar-refractivity contribution in [2.24, 2.45) is 11.1 Å². The molecule has 0 spiro atoms. The lowest BCUT2D eigenvalue weighted by Gasteiger charge is -2.38. The second-order valence-corrected chi connectivity index (χ2v) is 5.61. The monoisotopic (exact) mass is 270 g/mol. The maximum absolute atomic E-state index is 12.2. The van der Waals surface area contributed by atoms with Crippen molar-refractivity contribution in [2.75, 3.05) is 45.8 Å². The number of nitrogens with zero attached hydrogens (tertiary/aromatic N) is 2. The highest BCUT2D eigenvalue weighted by molar-refractivity contribution is 5.82. The number of carbonyl (C=O) groups is 2. The van der Waals surface area contributed by atoms with Crippen molar-refractivity contribution >= 4 is 11.8 Å². The Balaban J connectivity index is 2.41. The van der Waals surface area contributed by atoms with E-state index < -0.39 is 5.41 Å². The fraction of sp³-hybridized carbons (Fsp3) is 0.846. The second kappa shape index (κ2) is 6.86. The third-order valence-corrected chi connectivity index (χ3v) is 3.49. The summed E-state index contributed by atoms with van der Waals surface area (Å²) in [5.41, 5.74) is 5.13. The number of hydrogen-bond donors (Lipinski definition) is 2. The number of hydrogen-bond acceptors (Lipinski definition) is 4. The highest BCUT2D eigenvalue weighted by Crippen LogP contribution is 2.18. The molecule has 6 nitrogen and oxygen atoms in total. The van der Waals surface area contributed by atoms with Crippen LogP contribution in [0.1, 0.15) is 20.8 Å². The molecule has 0 aromatic heterocycles. The van der Waals surface area contributed by atoms with Gasteiger partial charge >= 0.3 is 0 Å². The average Bonchev–Trinajstić information content (AvgIpc) is 2.39. The Morgan fingerprint density at radius 3 is 2.26 bits per heavy atom. The third kappa shape index (κ3) is 4.47.